The van der Waals surface area contributed by atoms with E-state index in [4.69, 9.17) is 0 Å². The van der Waals surface area contributed by atoms with E-state index in [9.17, 15) is 0 Å². The third kappa shape index (κ3) is 2.64. The number of hydrogen-bond acceptors (Lipinski definition) is 4. The number of rotatable bonds is 4. The number of aromatic nitrogens is 2. The summed E-state index contributed by atoms with van der Waals surface area (Å²) in [5.74, 6) is 0. The van der Waals surface area contributed by atoms with Gasteiger partial charge in [0.25, 0.3) is 0 Å². The molecule has 4 heteroatoms. The molecule has 2 heterocycles. The molecule has 0 aromatic carbocycles. The van der Waals surface area contributed by atoms with Crippen LogP contribution in [-0.2, 0) is 0 Å². The summed E-state index contributed by atoms with van der Waals surface area (Å²) in [5.41, 5.74) is 1.04. The Labute approximate surface area is 102 Å². The SMILES string of the molecule is CC(NC1CCN(C2CC2)C1)c1cnccn1. The molecular formula is C13H20N4. The Morgan fingerprint density at radius 1 is 1.35 bits per heavy atom. The Hall–Kier alpha value is -1.00. The molecule has 0 spiro atoms. The normalized spacial score (nSPS) is 27.2. The highest BCUT2D eigenvalue weighted by atomic mass is 15.2. The highest BCUT2D eigenvalue weighted by Gasteiger charge is 2.34. The van der Waals surface area contributed by atoms with Crippen LogP contribution in [0.25, 0.3) is 0 Å². The van der Waals surface area contributed by atoms with Gasteiger partial charge in [-0.05, 0) is 26.2 Å². The highest BCUT2D eigenvalue weighted by molar-refractivity contribution is 5.02. The predicted octanol–water partition coefficient (Wildman–Crippen LogP) is 1.36. The van der Waals surface area contributed by atoms with Gasteiger partial charge in [-0.15, -0.1) is 0 Å². The minimum atomic E-state index is 0.299. The van der Waals surface area contributed by atoms with Crippen LogP contribution in [0.5, 0.6) is 0 Å². The molecule has 2 unspecified atom stereocenters. The van der Waals surface area contributed by atoms with Crippen LogP contribution in [-0.4, -0.2) is 40.0 Å². The Bertz CT molecular complexity index is 363. The molecule has 0 bridgehead atoms. The fraction of sp³-hybridized carbons (Fsp3) is 0.692. The van der Waals surface area contributed by atoms with Crippen molar-refractivity contribution >= 4 is 0 Å². The summed E-state index contributed by atoms with van der Waals surface area (Å²) < 4.78 is 0. The van der Waals surface area contributed by atoms with Crippen molar-refractivity contribution in [2.45, 2.75) is 44.3 Å². The molecule has 17 heavy (non-hydrogen) atoms. The summed E-state index contributed by atoms with van der Waals surface area (Å²) in [6.07, 6.45) is 9.42. The van der Waals surface area contributed by atoms with Crippen LogP contribution in [0.2, 0.25) is 0 Å². The van der Waals surface area contributed by atoms with Crippen molar-refractivity contribution in [2.24, 2.45) is 0 Å². The Balaban J connectivity index is 1.53. The molecule has 0 amide bonds. The van der Waals surface area contributed by atoms with Gasteiger partial charge in [0.1, 0.15) is 0 Å². The number of likely N-dealkylation sites (tertiary alicyclic amines) is 1. The van der Waals surface area contributed by atoms with Crippen LogP contribution >= 0.6 is 0 Å². The average molecular weight is 232 g/mol. The molecule has 1 aromatic rings. The molecule has 92 valence electrons. The third-order valence-corrected chi connectivity index (χ3v) is 3.80. The van der Waals surface area contributed by atoms with Crippen LogP contribution < -0.4 is 5.32 Å². The van der Waals surface area contributed by atoms with Gasteiger partial charge in [-0.1, -0.05) is 0 Å². The van der Waals surface area contributed by atoms with Gasteiger partial charge in [0.15, 0.2) is 0 Å². The van der Waals surface area contributed by atoms with E-state index in [0.29, 0.717) is 12.1 Å². The second kappa shape index (κ2) is 4.70. The largest absolute Gasteiger partial charge is 0.305 e. The van der Waals surface area contributed by atoms with Crippen molar-refractivity contribution < 1.29 is 0 Å². The maximum atomic E-state index is 4.35. The van der Waals surface area contributed by atoms with Crippen molar-refractivity contribution in [2.75, 3.05) is 13.1 Å². The zero-order chi connectivity index (χ0) is 11.7. The van der Waals surface area contributed by atoms with E-state index in [1.807, 2.05) is 6.20 Å². The Kier molecular flexibility index (Phi) is 3.07. The summed E-state index contributed by atoms with van der Waals surface area (Å²) in [7, 11) is 0. The van der Waals surface area contributed by atoms with Crippen molar-refractivity contribution in [1.29, 1.82) is 0 Å². The first-order chi connectivity index (χ1) is 8.33. The number of nitrogens with one attached hydrogen (secondary N) is 1. The molecule has 2 aliphatic rings. The molecule has 1 saturated heterocycles. The average Bonchev–Trinajstić information content (AvgIpc) is 3.12. The molecule has 4 nitrogen and oxygen atoms in total. The van der Waals surface area contributed by atoms with Crippen molar-refractivity contribution in [3.05, 3.63) is 24.3 Å². The van der Waals surface area contributed by atoms with Gasteiger partial charge in [-0.2, -0.15) is 0 Å². The lowest BCUT2D eigenvalue weighted by Crippen LogP contribution is -2.35. The van der Waals surface area contributed by atoms with Gasteiger partial charge in [-0.3, -0.25) is 14.9 Å². The lowest BCUT2D eigenvalue weighted by Gasteiger charge is -2.19. The quantitative estimate of drug-likeness (QED) is 0.851. The van der Waals surface area contributed by atoms with Gasteiger partial charge in [0.05, 0.1) is 5.69 Å². The van der Waals surface area contributed by atoms with E-state index in [2.05, 4.69) is 27.1 Å². The smallest absolute Gasteiger partial charge is 0.0753 e. The Morgan fingerprint density at radius 2 is 2.24 bits per heavy atom. The standard InChI is InChI=1S/C13H20N4/c1-10(13-8-14-5-6-15-13)16-11-4-7-17(9-11)12-2-3-12/h5-6,8,10-12,16H,2-4,7,9H2,1H3. The summed E-state index contributed by atoms with van der Waals surface area (Å²) >= 11 is 0. The van der Waals surface area contributed by atoms with Crippen LogP contribution in [0.4, 0.5) is 0 Å². The second-order valence-electron chi connectivity index (χ2n) is 5.23. The number of nitrogens with zero attached hydrogens (tertiary/aromatic N) is 3. The third-order valence-electron chi connectivity index (χ3n) is 3.80. The summed E-state index contributed by atoms with van der Waals surface area (Å²) in [6, 6.07) is 1.81. The van der Waals surface area contributed by atoms with Gasteiger partial charge in [0.2, 0.25) is 0 Å². The Morgan fingerprint density at radius 3 is 2.94 bits per heavy atom. The van der Waals surface area contributed by atoms with Gasteiger partial charge < -0.3 is 5.32 Å². The van der Waals surface area contributed by atoms with E-state index in [1.165, 1.54) is 32.4 Å². The molecular weight excluding hydrogens is 212 g/mol. The molecule has 1 saturated carbocycles. The predicted molar refractivity (Wildman–Crippen MR) is 66.6 cm³/mol. The van der Waals surface area contributed by atoms with Crippen LogP contribution in [0, 0.1) is 0 Å². The summed E-state index contributed by atoms with van der Waals surface area (Å²) in [5, 5.41) is 3.66. The van der Waals surface area contributed by atoms with E-state index >= 15 is 0 Å². The van der Waals surface area contributed by atoms with Crippen LogP contribution in [0.1, 0.15) is 37.9 Å². The first-order valence-corrected chi connectivity index (χ1v) is 6.59. The molecule has 3 rings (SSSR count). The topological polar surface area (TPSA) is 41.0 Å². The van der Waals surface area contributed by atoms with Gasteiger partial charge in [-0.25, -0.2) is 0 Å². The fourth-order valence-corrected chi connectivity index (χ4v) is 2.67. The monoisotopic (exact) mass is 232 g/mol. The summed E-state index contributed by atoms with van der Waals surface area (Å²) in [6.45, 7) is 4.63. The first-order valence-electron chi connectivity index (χ1n) is 6.59. The van der Waals surface area contributed by atoms with Crippen molar-refractivity contribution in [3.63, 3.8) is 0 Å². The summed E-state index contributed by atoms with van der Waals surface area (Å²) in [4.78, 5) is 11.1. The molecule has 1 aromatic heterocycles. The molecule has 2 fully saturated rings. The lowest BCUT2D eigenvalue weighted by atomic mass is 10.2. The van der Waals surface area contributed by atoms with Crippen molar-refractivity contribution in [1.82, 2.24) is 20.2 Å². The molecule has 1 aliphatic heterocycles. The van der Waals surface area contributed by atoms with E-state index < -0.39 is 0 Å². The number of hydrogen-bond donors (Lipinski definition) is 1. The molecule has 2 atom stereocenters. The van der Waals surface area contributed by atoms with E-state index in [1.54, 1.807) is 12.4 Å². The molecule has 0 radical (unpaired) electrons. The second-order valence-corrected chi connectivity index (χ2v) is 5.23. The lowest BCUT2D eigenvalue weighted by molar-refractivity contribution is 0.313. The zero-order valence-corrected chi connectivity index (χ0v) is 10.3. The molecule has 1 N–H and O–H groups in total. The maximum Gasteiger partial charge on any atom is 0.0753 e. The zero-order valence-electron chi connectivity index (χ0n) is 10.3. The van der Waals surface area contributed by atoms with Gasteiger partial charge >= 0.3 is 0 Å². The minimum Gasteiger partial charge on any atom is -0.305 e. The van der Waals surface area contributed by atoms with Crippen LogP contribution in [0.15, 0.2) is 18.6 Å². The minimum absolute atomic E-state index is 0.299. The van der Waals surface area contributed by atoms with E-state index in [-0.39, 0.29) is 0 Å². The van der Waals surface area contributed by atoms with Crippen LogP contribution in [0.3, 0.4) is 0 Å². The van der Waals surface area contributed by atoms with E-state index in [0.717, 1.165) is 11.7 Å². The molecule has 1 aliphatic carbocycles. The first kappa shape index (κ1) is 11.1. The maximum absolute atomic E-state index is 4.35. The fourth-order valence-electron chi connectivity index (χ4n) is 2.67. The van der Waals surface area contributed by atoms with Gasteiger partial charge in [0, 0.05) is 49.8 Å². The highest BCUT2D eigenvalue weighted by Crippen LogP contribution is 2.30. The van der Waals surface area contributed by atoms with Crippen molar-refractivity contribution in [3.8, 4) is 0 Å².